The highest BCUT2D eigenvalue weighted by molar-refractivity contribution is 5.85. The molecule has 0 amide bonds. The van der Waals surface area contributed by atoms with Crippen LogP contribution in [0.1, 0.15) is 11.1 Å². The monoisotopic (exact) mass is 302 g/mol. The third-order valence-corrected chi connectivity index (χ3v) is 4.40. The number of aryl methyl sites for hydroxylation is 1. The molecule has 0 spiro atoms. The number of anilines is 2. The quantitative estimate of drug-likeness (QED) is 0.541. The summed E-state index contributed by atoms with van der Waals surface area (Å²) in [6.45, 7) is 2.95. The van der Waals surface area contributed by atoms with Crippen LogP contribution in [0.5, 0.6) is 0 Å². The van der Waals surface area contributed by atoms with Gasteiger partial charge in [-0.25, -0.2) is 4.98 Å². The van der Waals surface area contributed by atoms with Gasteiger partial charge in [-0.1, -0.05) is 24.3 Å². The lowest BCUT2D eigenvalue weighted by Crippen LogP contribution is -2.16. The molecule has 0 unspecified atom stereocenters. The van der Waals surface area contributed by atoms with Crippen molar-refractivity contribution in [1.29, 1.82) is 0 Å². The van der Waals surface area contributed by atoms with E-state index in [2.05, 4.69) is 63.7 Å². The van der Waals surface area contributed by atoms with Gasteiger partial charge in [0.2, 0.25) is 5.65 Å². The normalized spacial score (nSPS) is 13.9. The maximum atomic E-state index is 4.86. The number of aromatic nitrogens is 5. The van der Waals surface area contributed by atoms with Crippen LogP contribution in [0.3, 0.4) is 0 Å². The molecule has 1 aliphatic rings. The Bertz CT molecular complexity index is 1050. The first-order valence-corrected chi connectivity index (χ1v) is 7.65. The average molecular weight is 302 g/mol. The zero-order valence-electron chi connectivity index (χ0n) is 12.6. The van der Waals surface area contributed by atoms with Crippen LogP contribution in [-0.4, -0.2) is 31.6 Å². The molecule has 112 valence electrons. The largest absolute Gasteiger partial charge is 0.323 e. The van der Waals surface area contributed by atoms with E-state index in [0.717, 1.165) is 35.4 Å². The molecule has 3 heterocycles. The molecule has 0 atom stereocenters. The van der Waals surface area contributed by atoms with Gasteiger partial charge in [0.1, 0.15) is 0 Å². The SMILES string of the molecule is Cc1ccc2nc(N3CCc4ccccc43)c3nnnn3c2c1. The van der Waals surface area contributed by atoms with Gasteiger partial charge in [0, 0.05) is 12.2 Å². The fraction of sp³-hybridized carbons (Fsp3) is 0.176. The molecule has 0 bridgehead atoms. The molecule has 2 aromatic carbocycles. The number of hydrogen-bond donors (Lipinski definition) is 0. The van der Waals surface area contributed by atoms with Gasteiger partial charge >= 0.3 is 0 Å². The summed E-state index contributed by atoms with van der Waals surface area (Å²) >= 11 is 0. The highest BCUT2D eigenvalue weighted by atomic mass is 15.5. The Morgan fingerprint density at radius 3 is 2.96 bits per heavy atom. The molecule has 2 aromatic heterocycles. The molecule has 5 rings (SSSR count). The van der Waals surface area contributed by atoms with Crippen molar-refractivity contribution in [3.05, 3.63) is 53.6 Å². The summed E-state index contributed by atoms with van der Waals surface area (Å²) in [7, 11) is 0. The fourth-order valence-electron chi connectivity index (χ4n) is 3.29. The average Bonchev–Trinajstić information content (AvgIpc) is 3.21. The summed E-state index contributed by atoms with van der Waals surface area (Å²) in [5.74, 6) is 0.816. The standard InChI is InChI=1S/C17H14N6/c1-11-6-7-13-15(10-11)23-17(19-20-21-23)16(18-13)22-9-8-12-4-2-3-5-14(12)22/h2-7,10H,8-9H2,1H3. The number of fused-ring (bicyclic) bond motifs is 4. The summed E-state index contributed by atoms with van der Waals surface area (Å²) in [6, 6.07) is 14.6. The van der Waals surface area contributed by atoms with Gasteiger partial charge in [0.15, 0.2) is 5.82 Å². The molecule has 0 radical (unpaired) electrons. The number of nitrogens with zero attached hydrogens (tertiary/aromatic N) is 6. The lowest BCUT2D eigenvalue weighted by Gasteiger charge is -2.19. The van der Waals surface area contributed by atoms with Gasteiger partial charge in [-0.2, -0.15) is 4.52 Å². The van der Waals surface area contributed by atoms with Crippen LogP contribution in [0.4, 0.5) is 11.5 Å². The van der Waals surface area contributed by atoms with E-state index >= 15 is 0 Å². The highest BCUT2D eigenvalue weighted by Crippen LogP contribution is 2.35. The Hall–Kier alpha value is -3.02. The summed E-state index contributed by atoms with van der Waals surface area (Å²) < 4.78 is 1.78. The Morgan fingerprint density at radius 2 is 2.00 bits per heavy atom. The van der Waals surface area contributed by atoms with Crippen molar-refractivity contribution in [2.75, 3.05) is 11.4 Å². The van der Waals surface area contributed by atoms with E-state index in [1.807, 2.05) is 6.07 Å². The topological polar surface area (TPSA) is 59.2 Å². The molecule has 0 saturated heterocycles. The van der Waals surface area contributed by atoms with E-state index in [-0.39, 0.29) is 0 Å². The van der Waals surface area contributed by atoms with Crippen LogP contribution in [0.2, 0.25) is 0 Å². The van der Waals surface area contributed by atoms with Gasteiger partial charge < -0.3 is 4.90 Å². The number of rotatable bonds is 1. The minimum atomic E-state index is 0.694. The zero-order chi connectivity index (χ0) is 15.4. The van der Waals surface area contributed by atoms with Crippen molar-refractivity contribution >= 4 is 28.2 Å². The molecule has 0 fully saturated rings. The van der Waals surface area contributed by atoms with Crippen LogP contribution >= 0.6 is 0 Å². The summed E-state index contributed by atoms with van der Waals surface area (Å²) in [6.07, 6.45) is 1.01. The van der Waals surface area contributed by atoms with E-state index in [9.17, 15) is 0 Å². The first kappa shape index (κ1) is 12.5. The van der Waals surface area contributed by atoms with Crippen molar-refractivity contribution in [3.8, 4) is 0 Å². The molecule has 4 aromatic rings. The minimum Gasteiger partial charge on any atom is -0.323 e. The summed E-state index contributed by atoms with van der Waals surface area (Å²) in [5.41, 5.74) is 6.21. The van der Waals surface area contributed by atoms with Gasteiger partial charge in [0.05, 0.1) is 11.0 Å². The van der Waals surface area contributed by atoms with Crippen LogP contribution in [0, 0.1) is 6.92 Å². The summed E-state index contributed by atoms with van der Waals surface area (Å²) in [4.78, 5) is 7.07. The molecular weight excluding hydrogens is 288 g/mol. The molecular formula is C17H14N6. The Labute approximate surface area is 132 Å². The minimum absolute atomic E-state index is 0.694. The van der Waals surface area contributed by atoms with E-state index < -0.39 is 0 Å². The number of benzene rings is 2. The van der Waals surface area contributed by atoms with Crippen LogP contribution in [0.15, 0.2) is 42.5 Å². The first-order chi connectivity index (χ1) is 11.3. The Kier molecular flexibility index (Phi) is 2.44. The van der Waals surface area contributed by atoms with Crippen LogP contribution in [-0.2, 0) is 6.42 Å². The van der Waals surface area contributed by atoms with Gasteiger partial charge in [-0.15, -0.1) is 5.10 Å². The predicted octanol–water partition coefficient (Wildman–Crippen LogP) is 2.68. The molecule has 0 N–H and O–H groups in total. The van der Waals surface area contributed by atoms with Crippen molar-refractivity contribution in [3.63, 3.8) is 0 Å². The predicted molar refractivity (Wildman–Crippen MR) is 88.0 cm³/mol. The number of tetrazole rings is 1. The zero-order valence-corrected chi connectivity index (χ0v) is 12.6. The van der Waals surface area contributed by atoms with E-state index in [4.69, 9.17) is 4.98 Å². The van der Waals surface area contributed by atoms with Crippen molar-refractivity contribution < 1.29 is 0 Å². The molecule has 0 aliphatic carbocycles. The second kappa shape index (κ2) is 4.49. The number of hydrogen-bond acceptors (Lipinski definition) is 5. The molecule has 23 heavy (non-hydrogen) atoms. The summed E-state index contributed by atoms with van der Waals surface area (Å²) in [5, 5.41) is 12.2. The number of para-hydroxylation sites is 1. The first-order valence-electron chi connectivity index (χ1n) is 7.65. The molecule has 0 saturated carbocycles. The van der Waals surface area contributed by atoms with Gasteiger partial charge in [-0.05, 0) is 53.1 Å². The van der Waals surface area contributed by atoms with Gasteiger partial charge in [-0.3, -0.25) is 0 Å². The van der Waals surface area contributed by atoms with Crippen molar-refractivity contribution in [2.45, 2.75) is 13.3 Å². The second-order valence-corrected chi connectivity index (χ2v) is 5.87. The highest BCUT2D eigenvalue weighted by Gasteiger charge is 2.25. The molecule has 6 heteroatoms. The second-order valence-electron chi connectivity index (χ2n) is 5.87. The van der Waals surface area contributed by atoms with E-state index in [1.54, 1.807) is 4.52 Å². The van der Waals surface area contributed by atoms with E-state index in [0.29, 0.717) is 5.65 Å². The third-order valence-electron chi connectivity index (χ3n) is 4.40. The lowest BCUT2D eigenvalue weighted by molar-refractivity contribution is 0.840. The molecule has 1 aliphatic heterocycles. The maximum absolute atomic E-state index is 4.86. The maximum Gasteiger partial charge on any atom is 0.222 e. The Morgan fingerprint density at radius 1 is 1.09 bits per heavy atom. The van der Waals surface area contributed by atoms with Crippen LogP contribution < -0.4 is 4.90 Å². The smallest absolute Gasteiger partial charge is 0.222 e. The van der Waals surface area contributed by atoms with Gasteiger partial charge in [0.25, 0.3) is 0 Å². The fourth-order valence-corrected chi connectivity index (χ4v) is 3.29. The molecule has 6 nitrogen and oxygen atoms in total. The third kappa shape index (κ3) is 1.75. The van der Waals surface area contributed by atoms with Crippen LogP contribution in [0.25, 0.3) is 16.7 Å². The van der Waals surface area contributed by atoms with Crippen molar-refractivity contribution in [1.82, 2.24) is 25.0 Å². The lowest BCUT2D eigenvalue weighted by atomic mass is 10.2. The van der Waals surface area contributed by atoms with Crippen molar-refractivity contribution in [2.24, 2.45) is 0 Å². The Balaban J connectivity index is 1.82. The van der Waals surface area contributed by atoms with E-state index in [1.165, 1.54) is 11.3 Å².